The van der Waals surface area contributed by atoms with Gasteiger partial charge in [-0.1, -0.05) is 6.08 Å². The van der Waals surface area contributed by atoms with Crippen LogP contribution in [0.3, 0.4) is 0 Å². The number of allylic oxidation sites excluding steroid dienone is 2. The van der Waals surface area contributed by atoms with Gasteiger partial charge in [0.15, 0.2) is 0 Å². The highest BCUT2D eigenvalue weighted by Crippen LogP contribution is 2.35. The quantitative estimate of drug-likeness (QED) is 0.684. The highest BCUT2D eigenvalue weighted by Gasteiger charge is 2.31. The molecule has 1 amide bonds. The van der Waals surface area contributed by atoms with Gasteiger partial charge in [-0.05, 0) is 30.4 Å². The second-order valence-corrected chi connectivity index (χ2v) is 6.93. The SMILES string of the molecule is CC(=O)N1CCC2CC=CC(S(=O)(=O)Cl)=C2C1. The molecular formula is C11H14ClNO3S. The third-order valence-electron chi connectivity index (χ3n) is 3.32. The fraction of sp³-hybridized carbons (Fsp3) is 0.545. The Balaban J connectivity index is 2.40. The first-order valence-electron chi connectivity index (χ1n) is 5.49. The molecule has 0 aromatic rings. The molecule has 1 heterocycles. The monoisotopic (exact) mass is 275 g/mol. The van der Waals surface area contributed by atoms with Crippen molar-refractivity contribution in [2.24, 2.45) is 5.92 Å². The van der Waals surface area contributed by atoms with Gasteiger partial charge in [0, 0.05) is 30.7 Å². The summed E-state index contributed by atoms with van der Waals surface area (Å²) in [6.45, 7) is 2.56. The number of fused-ring (bicyclic) bond motifs is 1. The molecule has 0 N–H and O–H groups in total. The molecular weight excluding hydrogens is 262 g/mol. The number of nitrogens with zero attached hydrogens (tertiary/aromatic N) is 1. The van der Waals surface area contributed by atoms with Gasteiger partial charge >= 0.3 is 0 Å². The third-order valence-corrected chi connectivity index (χ3v) is 4.74. The average Bonchev–Trinajstić information content (AvgIpc) is 2.26. The minimum Gasteiger partial charge on any atom is -0.339 e. The molecule has 0 radical (unpaired) electrons. The van der Waals surface area contributed by atoms with Crippen molar-refractivity contribution in [1.82, 2.24) is 4.90 Å². The topological polar surface area (TPSA) is 54.5 Å². The minimum atomic E-state index is -3.72. The molecule has 1 fully saturated rings. The van der Waals surface area contributed by atoms with Crippen LogP contribution in [0.15, 0.2) is 22.6 Å². The fourth-order valence-corrected chi connectivity index (χ4v) is 3.65. The standard InChI is InChI=1S/C11H14ClNO3S/c1-8(14)13-6-5-9-3-2-4-11(10(9)7-13)17(12,15)16/h2,4,9H,3,5-7H2,1H3. The molecule has 1 aliphatic carbocycles. The lowest BCUT2D eigenvalue weighted by molar-refractivity contribution is -0.129. The molecule has 1 atom stereocenters. The van der Waals surface area contributed by atoms with Gasteiger partial charge in [-0.2, -0.15) is 0 Å². The van der Waals surface area contributed by atoms with E-state index < -0.39 is 9.05 Å². The van der Waals surface area contributed by atoms with E-state index in [9.17, 15) is 13.2 Å². The van der Waals surface area contributed by atoms with Gasteiger partial charge in [0.2, 0.25) is 5.91 Å². The van der Waals surface area contributed by atoms with E-state index in [1.165, 1.54) is 6.92 Å². The number of piperidine rings is 1. The number of halogens is 1. The number of carbonyl (C=O) groups excluding carboxylic acids is 1. The molecule has 0 aromatic carbocycles. The molecule has 4 nitrogen and oxygen atoms in total. The van der Waals surface area contributed by atoms with E-state index in [1.54, 1.807) is 11.0 Å². The summed E-state index contributed by atoms with van der Waals surface area (Å²) in [4.78, 5) is 13.2. The lowest BCUT2D eigenvalue weighted by Crippen LogP contribution is -2.39. The van der Waals surface area contributed by atoms with Crippen molar-refractivity contribution >= 4 is 25.6 Å². The van der Waals surface area contributed by atoms with E-state index in [2.05, 4.69) is 0 Å². The van der Waals surface area contributed by atoms with E-state index in [4.69, 9.17) is 10.7 Å². The van der Waals surface area contributed by atoms with Crippen LogP contribution >= 0.6 is 10.7 Å². The highest BCUT2D eigenvalue weighted by atomic mass is 35.7. The number of carbonyl (C=O) groups is 1. The molecule has 94 valence electrons. The molecule has 0 bridgehead atoms. The Bertz CT molecular complexity index is 507. The van der Waals surface area contributed by atoms with Gasteiger partial charge in [-0.15, -0.1) is 0 Å². The zero-order valence-corrected chi connectivity index (χ0v) is 11.1. The lowest BCUT2D eigenvalue weighted by atomic mass is 9.85. The first kappa shape index (κ1) is 12.6. The van der Waals surface area contributed by atoms with Gasteiger partial charge < -0.3 is 4.90 Å². The zero-order valence-electron chi connectivity index (χ0n) is 9.52. The van der Waals surface area contributed by atoms with E-state index in [0.29, 0.717) is 13.1 Å². The largest absolute Gasteiger partial charge is 0.339 e. The van der Waals surface area contributed by atoms with Crippen LogP contribution in [0.25, 0.3) is 0 Å². The Hall–Kier alpha value is -0.810. The summed E-state index contributed by atoms with van der Waals surface area (Å²) in [5.74, 6) is 0.177. The first-order valence-corrected chi connectivity index (χ1v) is 7.80. The van der Waals surface area contributed by atoms with Crippen molar-refractivity contribution in [3.05, 3.63) is 22.6 Å². The van der Waals surface area contributed by atoms with E-state index in [0.717, 1.165) is 18.4 Å². The van der Waals surface area contributed by atoms with Crippen LogP contribution in [0, 0.1) is 5.92 Å². The smallest absolute Gasteiger partial charge is 0.261 e. The molecule has 0 saturated carbocycles. The van der Waals surface area contributed by atoms with Crippen LogP contribution in [-0.2, 0) is 13.8 Å². The average molecular weight is 276 g/mol. The number of likely N-dealkylation sites (tertiary alicyclic amines) is 1. The Morgan fingerprint density at radius 3 is 2.82 bits per heavy atom. The highest BCUT2D eigenvalue weighted by molar-refractivity contribution is 8.17. The number of rotatable bonds is 1. The van der Waals surface area contributed by atoms with Crippen LogP contribution in [-0.4, -0.2) is 32.3 Å². The van der Waals surface area contributed by atoms with E-state index in [-0.39, 0.29) is 16.7 Å². The predicted molar refractivity (Wildman–Crippen MR) is 65.9 cm³/mol. The van der Waals surface area contributed by atoms with Crippen molar-refractivity contribution in [2.45, 2.75) is 19.8 Å². The second-order valence-electron chi connectivity index (χ2n) is 4.39. The van der Waals surface area contributed by atoms with E-state index >= 15 is 0 Å². The molecule has 0 aromatic heterocycles. The molecule has 2 rings (SSSR count). The third kappa shape index (κ3) is 2.55. The summed E-state index contributed by atoms with van der Waals surface area (Å²) in [6.07, 6.45) is 5.02. The zero-order chi connectivity index (χ0) is 12.6. The van der Waals surface area contributed by atoms with Crippen LogP contribution in [0.1, 0.15) is 19.8 Å². The summed E-state index contributed by atoms with van der Waals surface area (Å²) in [5.41, 5.74) is 0.781. The summed E-state index contributed by atoms with van der Waals surface area (Å²) in [6, 6.07) is 0. The Labute approximate surface area is 105 Å². The normalized spacial score (nSPS) is 24.8. The predicted octanol–water partition coefficient (Wildman–Crippen LogP) is 1.64. The van der Waals surface area contributed by atoms with Gasteiger partial charge in [0.05, 0.1) is 4.91 Å². The van der Waals surface area contributed by atoms with Crippen molar-refractivity contribution in [3.8, 4) is 0 Å². The van der Waals surface area contributed by atoms with E-state index in [1.807, 2.05) is 6.08 Å². The Kier molecular flexibility index (Phi) is 3.32. The summed E-state index contributed by atoms with van der Waals surface area (Å²) in [7, 11) is 1.70. The number of hydrogen-bond acceptors (Lipinski definition) is 3. The maximum Gasteiger partial charge on any atom is 0.261 e. The maximum absolute atomic E-state index is 11.5. The minimum absolute atomic E-state index is 0.0307. The van der Waals surface area contributed by atoms with Crippen LogP contribution in [0.4, 0.5) is 0 Å². The summed E-state index contributed by atoms with van der Waals surface area (Å²) in [5, 5.41) is 0. The second kappa shape index (κ2) is 4.46. The fourth-order valence-electron chi connectivity index (χ4n) is 2.39. The lowest BCUT2D eigenvalue weighted by Gasteiger charge is -2.35. The molecule has 1 saturated heterocycles. The molecule has 17 heavy (non-hydrogen) atoms. The van der Waals surface area contributed by atoms with Gasteiger partial charge in [-0.3, -0.25) is 4.79 Å². The molecule has 1 aliphatic heterocycles. The van der Waals surface area contributed by atoms with Gasteiger partial charge in [-0.25, -0.2) is 8.42 Å². The summed E-state index contributed by atoms with van der Waals surface area (Å²) >= 11 is 0. The maximum atomic E-state index is 11.5. The number of amides is 1. The van der Waals surface area contributed by atoms with Crippen LogP contribution < -0.4 is 0 Å². The van der Waals surface area contributed by atoms with Crippen LogP contribution in [0.2, 0.25) is 0 Å². The van der Waals surface area contributed by atoms with Crippen molar-refractivity contribution < 1.29 is 13.2 Å². The Morgan fingerprint density at radius 2 is 2.24 bits per heavy atom. The van der Waals surface area contributed by atoms with Gasteiger partial charge in [0.1, 0.15) is 0 Å². The number of hydrogen-bond donors (Lipinski definition) is 0. The van der Waals surface area contributed by atoms with Crippen molar-refractivity contribution in [2.75, 3.05) is 13.1 Å². The Morgan fingerprint density at radius 1 is 1.53 bits per heavy atom. The summed E-state index contributed by atoms with van der Waals surface area (Å²) < 4.78 is 22.9. The van der Waals surface area contributed by atoms with Crippen molar-refractivity contribution in [1.29, 1.82) is 0 Å². The van der Waals surface area contributed by atoms with Gasteiger partial charge in [0.25, 0.3) is 9.05 Å². The molecule has 0 spiro atoms. The van der Waals surface area contributed by atoms with Crippen LogP contribution in [0.5, 0.6) is 0 Å². The molecule has 1 unspecified atom stereocenters. The van der Waals surface area contributed by atoms with Crippen molar-refractivity contribution in [3.63, 3.8) is 0 Å². The first-order chi connectivity index (χ1) is 7.89. The molecule has 6 heteroatoms. The molecule has 2 aliphatic rings.